The van der Waals surface area contributed by atoms with Gasteiger partial charge in [0.25, 0.3) is 0 Å². The molecule has 0 fully saturated rings. The summed E-state index contributed by atoms with van der Waals surface area (Å²) in [6.07, 6.45) is 1.88. The Morgan fingerprint density at radius 2 is 2.40 bits per heavy atom. The van der Waals surface area contributed by atoms with Gasteiger partial charge in [0.05, 0.1) is 0 Å². The first-order valence-electron chi connectivity index (χ1n) is 5.30. The van der Waals surface area contributed by atoms with Crippen molar-refractivity contribution in [2.24, 2.45) is 0 Å². The summed E-state index contributed by atoms with van der Waals surface area (Å²) in [4.78, 5) is 0. The molecule has 1 unspecified atom stereocenters. The molecule has 15 heavy (non-hydrogen) atoms. The van der Waals surface area contributed by atoms with E-state index in [9.17, 15) is 4.39 Å². The smallest absolute Gasteiger partial charge is 0.127 e. The topological polar surface area (TPSA) is 21.3 Å². The molecule has 1 aromatic carbocycles. The van der Waals surface area contributed by atoms with E-state index in [0.717, 1.165) is 30.6 Å². The standard InChI is InChI=1S/C12H16FNO/c1-15-6-5-10-7-9-3-2-4-12(13)11(9)8-14-10/h2-4,10,14H,5-8H2,1H3. The highest BCUT2D eigenvalue weighted by Crippen LogP contribution is 2.20. The van der Waals surface area contributed by atoms with Crippen molar-refractivity contribution in [1.82, 2.24) is 5.32 Å². The Balaban J connectivity index is 2.07. The van der Waals surface area contributed by atoms with Gasteiger partial charge in [-0.3, -0.25) is 0 Å². The molecular weight excluding hydrogens is 193 g/mol. The predicted octanol–water partition coefficient (Wildman–Crippen LogP) is 1.88. The van der Waals surface area contributed by atoms with Gasteiger partial charge in [0.1, 0.15) is 5.82 Å². The van der Waals surface area contributed by atoms with Gasteiger partial charge < -0.3 is 10.1 Å². The first-order valence-corrected chi connectivity index (χ1v) is 5.30. The molecule has 2 nitrogen and oxygen atoms in total. The molecule has 3 heteroatoms. The molecule has 2 rings (SSSR count). The first kappa shape index (κ1) is 10.6. The number of ether oxygens (including phenoxy) is 1. The quantitative estimate of drug-likeness (QED) is 0.820. The van der Waals surface area contributed by atoms with Gasteiger partial charge in [-0.1, -0.05) is 12.1 Å². The average molecular weight is 209 g/mol. The molecule has 0 aromatic heterocycles. The number of rotatable bonds is 3. The molecule has 0 spiro atoms. The molecule has 1 N–H and O–H groups in total. The van der Waals surface area contributed by atoms with E-state index in [2.05, 4.69) is 5.32 Å². The fourth-order valence-electron chi connectivity index (χ4n) is 2.04. The first-order chi connectivity index (χ1) is 7.31. The number of hydrogen-bond acceptors (Lipinski definition) is 2. The Morgan fingerprint density at radius 3 is 3.20 bits per heavy atom. The summed E-state index contributed by atoms with van der Waals surface area (Å²) in [6, 6.07) is 5.74. The van der Waals surface area contributed by atoms with Crippen LogP contribution in [0.5, 0.6) is 0 Å². The SMILES string of the molecule is COCCC1Cc2cccc(F)c2CN1. The van der Waals surface area contributed by atoms with Gasteiger partial charge in [0.15, 0.2) is 0 Å². The van der Waals surface area contributed by atoms with E-state index >= 15 is 0 Å². The molecular formula is C12H16FNO. The molecule has 1 aliphatic heterocycles. The average Bonchev–Trinajstić information content (AvgIpc) is 2.26. The van der Waals surface area contributed by atoms with Crippen molar-refractivity contribution in [3.05, 3.63) is 35.1 Å². The maximum absolute atomic E-state index is 13.4. The molecule has 82 valence electrons. The zero-order chi connectivity index (χ0) is 10.7. The van der Waals surface area contributed by atoms with Crippen molar-refractivity contribution in [3.63, 3.8) is 0 Å². The maximum atomic E-state index is 13.4. The number of hydrogen-bond donors (Lipinski definition) is 1. The second kappa shape index (κ2) is 4.73. The van der Waals surface area contributed by atoms with Gasteiger partial charge in [0, 0.05) is 31.9 Å². The summed E-state index contributed by atoms with van der Waals surface area (Å²) >= 11 is 0. The van der Waals surface area contributed by atoms with Crippen LogP contribution >= 0.6 is 0 Å². The van der Waals surface area contributed by atoms with Crippen LogP contribution in [0.3, 0.4) is 0 Å². The predicted molar refractivity (Wildman–Crippen MR) is 57.2 cm³/mol. The summed E-state index contributed by atoms with van der Waals surface area (Å²) in [5, 5.41) is 3.33. The molecule has 0 saturated carbocycles. The minimum atomic E-state index is -0.0924. The molecule has 0 saturated heterocycles. The fourth-order valence-corrected chi connectivity index (χ4v) is 2.04. The third kappa shape index (κ3) is 2.36. The molecule has 1 aromatic rings. The van der Waals surface area contributed by atoms with E-state index in [4.69, 9.17) is 4.74 Å². The number of halogens is 1. The lowest BCUT2D eigenvalue weighted by atomic mass is 9.94. The van der Waals surface area contributed by atoms with E-state index in [1.807, 2.05) is 6.07 Å². The van der Waals surface area contributed by atoms with Crippen molar-refractivity contribution < 1.29 is 9.13 Å². The van der Waals surface area contributed by atoms with E-state index in [0.29, 0.717) is 12.6 Å². The number of fused-ring (bicyclic) bond motifs is 1. The van der Waals surface area contributed by atoms with Crippen LogP contribution in [0.15, 0.2) is 18.2 Å². The lowest BCUT2D eigenvalue weighted by Gasteiger charge is -2.26. The van der Waals surface area contributed by atoms with Crippen LogP contribution in [0.1, 0.15) is 17.5 Å². The Bertz CT molecular complexity index is 340. The summed E-state index contributed by atoms with van der Waals surface area (Å²) in [6.45, 7) is 1.39. The Kier molecular flexibility index (Phi) is 3.34. The van der Waals surface area contributed by atoms with E-state index in [-0.39, 0.29) is 5.82 Å². The molecule has 0 amide bonds. The highest BCUT2D eigenvalue weighted by molar-refractivity contribution is 5.31. The molecule has 0 bridgehead atoms. The van der Waals surface area contributed by atoms with Crippen molar-refractivity contribution in [2.75, 3.05) is 13.7 Å². The molecule has 0 radical (unpaired) electrons. The zero-order valence-corrected chi connectivity index (χ0v) is 8.92. The second-order valence-electron chi connectivity index (χ2n) is 3.94. The largest absolute Gasteiger partial charge is 0.385 e. The Hall–Kier alpha value is -0.930. The number of methoxy groups -OCH3 is 1. The zero-order valence-electron chi connectivity index (χ0n) is 8.92. The summed E-state index contributed by atoms with van der Waals surface area (Å²) in [5.41, 5.74) is 1.96. The van der Waals surface area contributed by atoms with Gasteiger partial charge in [-0.15, -0.1) is 0 Å². The van der Waals surface area contributed by atoms with Gasteiger partial charge in [-0.25, -0.2) is 4.39 Å². The third-order valence-corrected chi connectivity index (χ3v) is 2.92. The normalized spacial score (nSPS) is 20.0. The molecule has 0 aliphatic carbocycles. The molecule has 1 atom stereocenters. The molecule has 1 aliphatic rings. The van der Waals surface area contributed by atoms with Crippen LogP contribution in [0.2, 0.25) is 0 Å². The van der Waals surface area contributed by atoms with Crippen molar-refractivity contribution in [2.45, 2.75) is 25.4 Å². The van der Waals surface area contributed by atoms with Crippen molar-refractivity contribution in [3.8, 4) is 0 Å². The number of benzene rings is 1. The van der Waals surface area contributed by atoms with Crippen molar-refractivity contribution >= 4 is 0 Å². The summed E-state index contributed by atoms with van der Waals surface area (Å²) < 4.78 is 18.4. The van der Waals surface area contributed by atoms with Crippen LogP contribution in [-0.2, 0) is 17.7 Å². The van der Waals surface area contributed by atoms with Crippen LogP contribution in [0, 0.1) is 5.82 Å². The van der Waals surface area contributed by atoms with E-state index < -0.39 is 0 Å². The molecule has 1 heterocycles. The number of nitrogens with one attached hydrogen (secondary N) is 1. The van der Waals surface area contributed by atoms with E-state index in [1.165, 1.54) is 6.07 Å². The van der Waals surface area contributed by atoms with E-state index in [1.54, 1.807) is 13.2 Å². The third-order valence-electron chi connectivity index (χ3n) is 2.92. The van der Waals surface area contributed by atoms with Gasteiger partial charge in [-0.2, -0.15) is 0 Å². The monoisotopic (exact) mass is 209 g/mol. The summed E-state index contributed by atoms with van der Waals surface area (Å²) in [7, 11) is 1.70. The summed E-state index contributed by atoms with van der Waals surface area (Å²) in [5.74, 6) is -0.0924. The minimum Gasteiger partial charge on any atom is -0.385 e. The Morgan fingerprint density at radius 1 is 1.53 bits per heavy atom. The van der Waals surface area contributed by atoms with Crippen molar-refractivity contribution in [1.29, 1.82) is 0 Å². The maximum Gasteiger partial charge on any atom is 0.127 e. The highest BCUT2D eigenvalue weighted by atomic mass is 19.1. The Labute approximate surface area is 89.4 Å². The minimum absolute atomic E-state index is 0.0924. The lowest BCUT2D eigenvalue weighted by molar-refractivity contribution is 0.181. The lowest BCUT2D eigenvalue weighted by Crippen LogP contribution is -2.36. The van der Waals surface area contributed by atoms with Gasteiger partial charge in [0.2, 0.25) is 0 Å². The second-order valence-corrected chi connectivity index (χ2v) is 3.94. The van der Waals surface area contributed by atoms with Crippen LogP contribution < -0.4 is 5.32 Å². The fraction of sp³-hybridized carbons (Fsp3) is 0.500. The van der Waals surface area contributed by atoms with Crippen LogP contribution in [0.25, 0.3) is 0 Å². The van der Waals surface area contributed by atoms with Gasteiger partial charge >= 0.3 is 0 Å². The van der Waals surface area contributed by atoms with Crippen LogP contribution in [-0.4, -0.2) is 19.8 Å². The van der Waals surface area contributed by atoms with Gasteiger partial charge in [-0.05, 0) is 24.5 Å². The van der Waals surface area contributed by atoms with Crippen LogP contribution in [0.4, 0.5) is 4.39 Å². The highest BCUT2D eigenvalue weighted by Gasteiger charge is 2.19.